The first-order chi connectivity index (χ1) is 11.5. The highest BCUT2D eigenvalue weighted by molar-refractivity contribution is 7.99. The lowest BCUT2D eigenvalue weighted by atomic mass is 10.1. The number of hydrogen-bond donors (Lipinski definition) is 1. The molecule has 1 aromatic carbocycles. The third-order valence-electron chi connectivity index (χ3n) is 3.08. The van der Waals surface area contributed by atoms with Crippen molar-refractivity contribution >= 4 is 29.4 Å². The SMILES string of the molecule is CCSCCC(=NC(=O)c1cc(OC)c(OC)c(OC)c1)C(=O)O. The van der Waals surface area contributed by atoms with Crippen molar-refractivity contribution in [2.45, 2.75) is 13.3 Å². The third kappa shape index (κ3) is 5.16. The van der Waals surface area contributed by atoms with E-state index in [1.807, 2.05) is 6.92 Å². The Kier molecular flexibility index (Phi) is 8.11. The van der Waals surface area contributed by atoms with Crippen molar-refractivity contribution in [3.63, 3.8) is 0 Å². The fourth-order valence-corrected chi connectivity index (χ4v) is 2.54. The average Bonchev–Trinajstić information content (AvgIpc) is 2.59. The van der Waals surface area contributed by atoms with Crippen LogP contribution < -0.4 is 14.2 Å². The minimum atomic E-state index is -1.20. The van der Waals surface area contributed by atoms with Crippen molar-refractivity contribution in [1.82, 2.24) is 0 Å². The maximum atomic E-state index is 12.3. The predicted molar refractivity (Wildman–Crippen MR) is 93.1 cm³/mol. The minimum Gasteiger partial charge on any atom is -0.493 e. The molecule has 0 spiro atoms. The summed E-state index contributed by atoms with van der Waals surface area (Å²) in [6, 6.07) is 2.88. The fourth-order valence-electron chi connectivity index (χ4n) is 1.92. The highest BCUT2D eigenvalue weighted by Gasteiger charge is 2.18. The maximum absolute atomic E-state index is 12.3. The Morgan fingerprint density at radius 1 is 1.12 bits per heavy atom. The summed E-state index contributed by atoms with van der Waals surface area (Å²) < 4.78 is 15.5. The second kappa shape index (κ2) is 9.82. The molecule has 0 fully saturated rings. The number of carbonyl (C=O) groups excluding carboxylic acids is 1. The Bertz CT molecular complexity index is 604. The molecule has 1 amide bonds. The van der Waals surface area contributed by atoms with Crippen molar-refractivity contribution in [3.8, 4) is 17.2 Å². The van der Waals surface area contributed by atoms with Gasteiger partial charge in [0.2, 0.25) is 5.75 Å². The number of carboxylic acid groups (broad SMARTS) is 1. The Morgan fingerprint density at radius 2 is 1.71 bits per heavy atom. The quantitative estimate of drug-likeness (QED) is 0.537. The largest absolute Gasteiger partial charge is 0.493 e. The minimum absolute atomic E-state index is 0.159. The molecular weight excluding hydrogens is 334 g/mol. The van der Waals surface area contributed by atoms with E-state index in [1.54, 1.807) is 11.8 Å². The summed E-state index contributed by atoms with van der Waals surface area (Å²) in [5, 5.41) is 9.19. The van der Waals surface area contributed by atoms with Gasteiger partial charge in [-0.25, -0.2) is 9.79 Å². The van der Waals surface area contributed by atoms with Crippen LogP contribution in [0.1, 0.15) is 23.7 Å². The summed E-state index contributed by atoms with van der Waals surface area (Å²) in [5.41, 5.74) is -0.0129. The zero-order valence-corrected chi connectivity index (χ0v) is 14.9. The lowest BCUT2D eigenvalue weighted by molar-refractivity contribution is -0.129. The number of aliphatic imine (C=N–C) groups is 1. The van der Waals surface area contributed by atoms with Crippen LogP contribution in [0.15, 0.2) is 17.1 Å². The van der Waals surface area contributed by atoms with Gasteiger partial charge in [-0.3, -0.25) is 4.79 Å². The van der Waals surface area contributed by atoms with Crippen molar-refractivity contribution in [2.24, 2.45) is 4.99 Å². The molecule has 0 aliphatic heterocycles. The van der Waals surface area contributed by atoms with Crippen molar-refractivity contribution in [1.29, 1.82) is 0 Å². The number of amides is 1. The molecule has 0 atom stereocenters. The van der Waals surface area contributed by atoms with Crippen molar-refractivity contribution in [3.05, 3.63) is 17.7 Å². The summed E-state index contributed by atoms with van der Waals surface area (Å²) in [4.78, 5) is 27.3. The van der Waals surface area contributed by atoms with E-state index in [4.69, 9.17) is 14.2 Å². The number of carbonyl (C=O) groups is 2. The molecule has 0 bridgehead atoms. The number of carboxylic acids is 1. The first-order valence-corrected chi connectivity index (χ1v) is 8.36. The molecular formula is C16H21NO6S. The second-order valence-electron chi connectivity index (χ2n) is 4.53. The number of thioether (sulfide) groups is 1. The number of nitrogens with zero attached hydrogens (tertiary/aromatic N) is 1. The van der Waals surface area contributed by atoms with Gasteiger partial charge in [-0.15, -0.1) is 0 Å². The highest BCUT2D eigenvalue weighted by atomic mass is 32.2. The molecule has 8 heteroatoms. The molecule has 0 saturated carbocycles. The standard InChI is InChI=1S/C16H21NO6S/c1-5-24-7-6-11(16(19)20)17-15(18)10-8-12(21-2)14(23-4)13(9-10)22-3/h8-9H,5-7H2,1-4H3,(H,19,20). The van der Waals surface area contributed by atoms with E-state index < -0.39 is 11.9 Å². The molecule has 0 radical (unpaired) electrons. The summed E-state index contributed by atoms with van der Waals surface area (Å²) in [5.74, 6) is 0.527. The molecule has 0 heterocycles. The van der Waals surface area contributed by atoms with Crippen LogP contribution in [0.3, 0.4) is 0 Å². The zero-order chi connectivity index (χ0) is 18.1. The monoisotopic (exact) mass is 355 g/mol. The summed E-state index contributed by atoms with van der Waals surface area (Å²) in [6.45, 7) is 1.98. The Hall–Kier alpha value is -2.22. The van der Waals surface area contributed by atoms with Crippen LogP contribution in [0.2, 0.25) is 0 Å². The predicted octanol–water partition coefficient (Wildman–Crippen LogP) is 2.52. The van der Waals surface area contributed by atoms with E-state index in [0.717, 1.165) is 5.75 Å². The van der Waals surface area contributed by atoms with Gasteiger partial charge in [0.05, 0.1) is 21.3 Å². The number of ether oxygens (including phenoxy) is 3. The van der Waals surface area contributed by atoms with Crippen LogP contribution in [-0.2, 0) is 4.79 Å². The number of methoxy groups -OCH3 is 3. The molecule has 0 aromatic heterocycles. The molecule has 1 rings (SSSR count). The number of rotatable bonds is 9. The summed E-state index contributed by atoms with van der Waals surface area (Å²) >= 11 is 1.58. The van der Waals surface area contributed by atoms with Gasteiger partial charge in [0.15, 0.2) is 11.5 Å². The Labute approximate surface area is 145 Å². The third-order valence-corrected chi connectivity index (χ3v) is 3.98. The Morgan fingerprint density at radius 3 is 2.12 bits per heavy atom. The molecule has 0 saturated heterocycles. The smallest absolute Gasteiger partial charge is 0.350 e. The number of aliphatic carboxylic acids is 1. The van der Waals surface area contributed by atoms with Gasteiger partial charge in [-0.1, -0.05) is 6.92 Å². The Balaban J connectivity index is 3.16. The van der Waals surface area contributed by atoms with E-state index in [2.05, 4.69) is 4.99 Å². The maximum Gasteiger partial charge on any atom is 0.350 e. The van der Waals surface area contributed by atoms with Gasteiger partial charge in [0.1, 0.15) is 5.71 Å². The fraction of sp³-hybridized carbons (Fsp3) is 0.438. The lowest BCUT2D eigenvalue weighted by Gasteiger charge is -2.13. The average molecular weight is 355 g/mol. The molecule has 0 unspecified atom stereocenters. The van der Waals surface area contributed by atoms with Crippen LogP contribution in [0.5, 0.6) is 17.2 Å². The highest BCUT2D eigenvalue weighted by Crippen LogP contribution is 2.38. The molecule has 0 aliphatic rings. The van der Waals surface area contributed by atoms with Crippen LogP contribution in [0.25, 0.3) is 0 Å². The van der Waals surface area contributed by atoms with Gasteiger partial charge in [-0.2, -0.15) is 11.8 Å². The van der Waals surface area contributed by atoms with Gasteiger partial charge in [0, 0.05) is 12.0 Å². The number of benzene rings is 1. The molecule has 132 valence electrons. The molecule has 24 heavy (non-hydrogen) atoms. The van der Waals surface area contributed by atoms with Crippen LogP contribution in [-0.4, -0.2) is 55.5 Å². The van der Waals surface area contributed by atoms with Crippen LogP contribution >= 0.6 is 11.8 Å². The summed E-state index contributed by atoms with van der Waals surface area (Å²) in [6.07, 6.45) is 0.212. The second-order valence-corrected chi connectivity index (χ2v) is 5.92. The molecule has 1 N–H and O–H groups in total. The first-order valence-electron chi connectivity index (χ1n) is 7.21. The van der Waals surface area contributed by atoms with Gasteiger partial charge < -0.3 is 19.3 Å². The van der Waals surface area contributed by atoms with E-state index in [9.17, 15) is 14.7 Å². The van der Waals surface area contributed by atoms with Crippen molar-refractivity contribution in [2.75, 3.05) is 32.8 Å². The van der Waals surface area contributed by atoms with Gasteiger partial charge >= 0.3 is 5.97 Å². The van der Waals surface area contributed by atoms with Gasteiger partial charge in [0.25, 0.3) is 5.91 Å². The summed E-state index contributed by atoms with van der Waals surface area (Å²) in [7, 11) is 4.31. The topological polar surface area (TPSA) is 94.4 Å². The van der Waals surface area contributed by atoms with Gasteiger partial charge in [-0.05, 0) is 23.6 Å². The van der Waals surface area contributed by atoms with Crippen molar-refractivity contribution < 1.29 is 28.9 Å². The number of hydrogen-bond acceptors (Lipinski definition) is 6. The van der Waals surface area contributed by atoms with E-state index in [0.29, 0.717) is 23.0 Å². The zero-order valence-electron chi connectivity index (χ0n) is 14.1. The normalized spacial score (nSPS) is 11.1. The van der Waals surface area contributed by atoms with Crippen LogP contribution in [0.4, 0.5) is 0 Å². The molecule has 1 aromatic rings. The molecule has 0 aliphatic carbocycles. The lowest BCUT2D eigenvalue weighted by Crippen LogP contribution is -2.16. The van der Waals surface area contributed by atoms with E-state index in [-0.39, 0.29) is 17.7 Å². The van der Waals surface area contributed by atoms with Crippen LogP contribution in [0, 0.1) is 0 Å². The van der Waals surface area contributed by atoms with E-state index in [1.165, 1.54) is 33.5 Å². The first kappa shape index (κ1) is 19.8. The van der Waals surface area contributed by atoms with E-state index >= 15 is 0 Å². The molecule has 7 nitrogen and oxygen atoms in total.